The van der Waals surface area contributed by atoms with Crippen molar-refractivity contribution in [2.24, 2.45) is 5.92 Å². The maximum absolute atomic E-state index is 12.3. The van der Waals surface area contributed by atoms with E-state index in [0.29, 0.717) is 26.1 Å². The molecule has 1 atom stereocenters. The van der Waals surface area contributed by atoms with Gasteiger partial charge in [-0.25, -0.2) is 4.79 Å². The lowest BCUT2D eigenvalue weighted by atomic mass is 10.1. The number of ether oxygens (including phenoxy) is 1. The minimum Gasteiger partial charge on any atom is -0.494 e. The van der Waals surface area contributed by atoms with E-state index < -0.39 is 0 Å². The van der Waals surface area contributed by atoms with Gasteiger partial charge in [-0.1, -0.05) is 17.7 Å². The van der Waals surface area contributed by atoms with Gasteiger partial charge in [-0.15, -0.1) is 0 Å². The van der Waals surface area contributed by atoms with E-state index >= 15 is 0 Å². The highest BCUT2D eigenvalue weighted by atomic mass is 16.5. The van der Waals surface area contributed by atoms with Crippen molar-refractivity contribution in [1.82, 2.24) is 5.32 Å². The van der Waals surface area contributed by atoms with E-state index in [4.69, 9.17) is 4.74 Å². The van der Waals surface area contributed by atoms with Gasteiger partial charge in [0.15, 0.2) is 0 Å². The zero-order chi connectivity index (χ0) is 19.2. The summed E-state index contributed by atoms with van der Waals surface area (Å²) in [5.41, 5.74) is 2.74. The molecule has 1 fully saturated rings. The second kappa shape index (κ2) is 8.58. The summed E-state index contributed by atoms with van der Waals surface area (Å²) >= 11 is 0. The van der Waals surface area contributed by atoms with Crippen molar-refractivity contribution in [3.05, 3.63) is 54.1 Å². The van der Waals surface area contributed by atoms with E-state index in [0.717, 1.165) is 22.7 Å². The van der Waals surface area contributed by atoms with Gasteiger partial charge in [-0.3, -0.25) is 4.79 Å². The third-order valence-corrected chi connectivity index (χ3v) is 4.53. The number of carbonyl (C=O) groups is 2. The van der Waals surface area contributed by atoms with E-state index in [2.05, 4.69) is 10.6 Å². The second-order valence-electron chi connectivity index (χ2n) is 6.70. The Balaban J connectivity index is 1.50. The molecular weight excluding hydrogens is 342 g/mol. The Kier molecular flexibility index (Phi) is 5.96. The van der Waals surface area contributed by atoms with E-state index in [-0.39, 0.29) is 17.9 Å². The van der Waals surface area contributed by atoms with Crippen LogP contribution in [-0.4, -0.2) is 31.6 Å². The molecular formula is C21H25N3O3. The summed E-state index contributed by atoms with van der Waals surface area (Å²) in [6.07, 6.45) is 0.429. The number of nitrogens with zero attached hydrogens (tertiary/aromatic N) is 1. The van der Waals surface area contributed by atoms with Gasteiger partial charge in [-0.05, 0) is 50.2 Å². The summed E-state index contributed by atoms with van der Waals surface area (Å²) in [5.74, 6) is 0.955. The molecule has 2 aromatic carbocycles. The Labute approximate surface area is 159 Å². The number of nitrogens with one attached hydrogen (secondary N) is 2. The smallest absolute Gasteiger partial charge is 0.319 e. The molecule has 0 saturated carbocycles. The van der Waals surface area contributed by atoms with Crippen LogP contribution in [0.5, 0.6) is 5.75 Å². The standard InChI is InChI=1S/C21H25N3O3/c1-3-27-19-10-8-18(9-11-19)24-14-16(12-20(24)25)13-22-21(26)23-17-6-4-15(2)5-7-17/h4-11,16H,3,12-14H2,1-2H3,(H2,22,23,26). The van der Waals surface area contributed by atoms with Crippen LogP contribution in [0.15, 0.2) is 48.5 Å². The molecule has 2 N–H and O–H groups in total. The average Bonchev–Trinajstić information content (AvgIpc) is 3.04. The Morgan fingerprint density at radius 3 is 2.52 bits per heavy atom. The summed E-state index contributed by atoms with van der Waals surface area (Å²) in [5, 5.41) is 5.66. The zero-order valence-corrected chi connectivity index (χ0v) is 15.7. The SMILES string of the molecule is CCOc1ccc(N2CC(CNC(=O)Nc3ccc(C)cc3)CC2=O)cc1. The monoisotopic (exact) mass is 367 g/mol. The van der Waals surface area contributed by atoms with Crippen LogP contribution in [-0.2, 0) is 4.79 Å². The van der Waals surface area contributed by atoms with Gasteiger partial charge in [0.25, 0.3) is 0 Å². The first-order valence-corrected chi connectivity index (χ1v) is 9.20. The van der Waals surface area contributed by atoms with Gasteiger partial charge in [0, 0.05) is 36.8 Å². The molecule has 6 heteroatoms. The lowest BCUT2D eigenvalue weighted by Gasteiger charge is -2.17. The van der Waals surface area contributed by atoms with Crippen LogP contribution in [0.3, 0.4) is 0 Å². The molecule has 2 aromatic rings. The molecule has 6 nitrogen and oxygen atoms in total. The third-order valence-electron chi connectivity index (χ3n) is 4.53. The van der Waals surface area contributed by atoms with Crippen molar-refractivity contribution in [3.63, 3.8) is 0 Å². The first kappa shape index (κ1) is 18.8. The van der Waals surface area contributed by atoms with Gasteiger partial charge < -0.3 is 20.3 Å². The summed E-state index contributed by atoms with van der Waals surface area (Å²) in [4.78, 5) is 26.1. The first-order valence-electron chi connectivity index (χ1n) is 9.20. The van der Waals surface area contributed by atoms with E-state index in [9.17, 15) is 9.59 Å². The van der Waals surface area contributed by atoms with Crippen molar-refractivity contribution < 1.29 is 14.3 Å². The number of benzene rings is 2. The summed E-state index contributed by atoms with van der Waals surface area (Å²) in [6.45, 7) is 5.59. The number of hydrogen-bond acceptors (Lipinski definition) is 3. The predicted octanol–water partition coefficient (Wildman–Crippen LogP) is 3.57. The number of carbonyl (C=O) groups excluding carboxylic acids is 2. The fourth-order valence-corrected chi connectivity index (χ4v) is 3.11. The molecule has 1 unspecified atom stereocenters. The van der Waals surface area contributed by atoms with Crippen molar-refractivity contribution in [2.75, 3.05) is 29.9 Å². The summed E-state index contributed by atoms with van der Waals surface area (Å²) < 4.78 is 5.43. The highest BCUT2D eigenvalue weighted by Crippen LogP contribution is 2.26. The highest BCUT2D eigenvalue weighted by molar-refractivity contribution is 5.96. The minimum absolute atomic E-state index is 0.0740. The molecule has 0 bridgehead atoms. The number of urea groups is 1. The molecule has 142 valence electrons. The van der Waals surface area contributed by atoms with E-state index in [1.165, 1.54) is 0 Å². The summed E-state index contributed by atoms with van der Waals surface area (Å²) in [6, 6.07) is 14.9. The topological polar surface area (TPSA) is 70.7 Å². The zero-order valence-electron chi connectivity index (χ0n) is 15.7. The van der Waals surface area contributed by atoms with Crippen molar-refractivity contribution in [2.45, 2.75) is 20.3 Å². The van der Waals surface area contributed by atoms with Crippen molar-refractivity contribution >= 4 is 23.3 Å². The molecule has 27 heavy (non-hydrogen) atoms. The molecule has 0 aromatic heterocycles. The molecule has 3 amide bonds. The number of aryl methyl sites for hydroxylation is 1. The fourth-order valence-electron chi connectivity index (χ4n) is 3.11. The Bertz CT molecular complexity index is 787. The average molecular weight is 367 g/mol. The van der Waals surface area contributed by atoms with Crippen LogP contribution < -0.4 is 20.3 Å². The lowest BCUT2D eigenvalue weighted by Crippen LogP contribution is -2.34. The highest BCUT2D eigenvalue weighted by Gasteiger charge is 2.30. The number of anilines is 2. The maximum Gasteiger partial charge on any atom is 0.319 e. The second-order valence-corrected chi connectivity index (χ2v) is 6.70. The van der Waals surface area contributed by atoms with Crippen LogP contribution in [0.25, 0.3) is 0 Å². The Morgan fingerprint density at radius 2 is 1.85 bits per heavy atom. The van der Waals surface area contributed by atoms with Crippen LogP contribution >= 0.6 is 0 Å². The third kappa shape index (κ3) is 5.00. The largest absolute Gasteiger partial charge is 0.494 e. The van der Waals surface area contributed by atoms with Gasteiger partial charge in [0.2, 0.25) is 5.91 Å². The van der Waals surface area contributed by atoms with Crippen molar-refractivity contribution in [1.29, 1.82) is 0 Å². The molecule has 1 heterocycles. The van der Waals surface area contributed by atoms with Gasteiger partial charge in [0.1, 0.15) is 5.75 Å². The van der Waals surface area contributed by atoms with Gasteiger partial charge >= 0.3 is 6.03 Å². The Hall–Kier alpha value is -3.02. The Morgan fingerprint density at radius 1 is 1.15 bits per heavy atom. The van der Waals surface area contributed by atoms with Crippen LogP contribution in [0, 0.1) is 12.8 Å². The van der Waals surface area contributed by atoms with Crippen LogP contribution in [0.2, 0.25) is 0 Å². The fraction of sp³-hybridized carbons (Fsp3) is 0.333. The van der Waals surface area contributed by atoms with Crippen molar-refractivity contribution in [3.8, 4) is 5.75 Å². The summed E-state index contributed by atoms with van der Waals surface area (Å²) in [7, 11) is 0. The molecule has 1 saturated heterocycles. The number of rotatable bonds is 6. The van der Waals surface area contributed by atoms with E-state index in [1.54, 1.807) is 4.90 Å². The van der Waals surface area contributed by atoms with Crippen LogP contribution in [0.1, 0.15) is 18.9 Å². The van der Waals surface area contributed by atoms with Gasteiger partial charge in [-0.2, -0.15) is 0 Å². The quantitative estimate of drug-likeness (QED) is 0.820. The molecule has 0 radical (unpaired) electrons. The van der Waals surface area contributed by atoms with Crippen LogP contribution in [0.4, 0.5) is 16.2 Å². The molecule has 3 rings (SSSR count). The number of hydrogen-bond donors (Lipinski definition) is 2. The maximum atomic E-state index is 12.3. The minimum atomic E-state index is -0.259. The predicted molar refractivity (Wildman–Crippen MR) is 106 cm³/mol. The van der Waals surface area contributed by atoms with Gasteiger partial charge in [0.05, 0.1) is 6.61 Å². The normalized spacial score (nSPS) is 16.3. The number of amides is 3. The van der Waals surface area contributed by atoms with E-state index in [1.807, 2.05) is 62.4 Å². The molecule has 1 aliphatic rings. The lowest BCUT2D eigenvalue weighted by molar-refractivity contribution is -0.117. The molecule has 1 aliphatic heterocycles. The first-order chi connectivity index (χ1) is 13.0. The molecule has 0 aliphatic carbocycles. The molecule has 0 spiro atoms.